The summed E-state index contributed by atoms with van der Waals surface area (Å²) in [5, 5.41) is 46.5. The Hall–Kier alpha value is -5.60. The Bertz CT molecular complexity index is 1430. The molecule has 0 unspecified atom stereocenters. The van der Waals surface area contributed by atoms with Gasteiger partial charge in [-0.05, 0) is 17.7 Å². The lowest BCUT2D eigenvalue weighted by Crippen LogP contribution is -2.46. The molecule has 4 N–H and O–H groups in total. The predicted molar refractivity (Wildman–Crippen MR) is 122 cm³/mol. The standard InChI is InChI=1S/C14H13N5.C6H3N3O7/c15-14-18(16)12-8-4-5-9-13(12)19(14)17-10-11-6-2-1-3-7-11;10-6-4(8(13)14)1-3(7(11)12)2-5(6)9(15)16/h1-10,15H,16H2;1-2,10H. The van der Waals surface area contributed by atoms with Gasteiger partial charge >= 0.3 is 5.95 Å². The van der Waals surface area contributed by atoms with Crippen molar-refractivity contribution >= 4 is 40.3 Å². The highest BCUT2D eigenvalue weighted by Crippen LogP contribution is 2.36. The van der Waals surface area contributed by atoms with Crippen molar-refractivity contribution in [2.24, 2.45) is 5.10 Å². The number of nitro groups is 3. The van der Waals surface area contributed by atoms with Gasteiger partial charge in [-0.2, -0.15) is 0 Å². The van der Waals surface area contributed by atoms with Gasteiger partial charge in [-0.15, -0.1) is 14.5 Å². The third-order valence-electron chi connectivity index (χ3n) is 4.59. The van der Waals surface area contributed by atoms with Gasteiger partial charge < -0.3 is 5.11 Å². The number of benzene rings is 3. The molecule has 3 aromatic carbocycles. The minimum Gasteiger partial charge on any atom is -0.863 e. The first-order chi connectivity index (χ1) is 16.6. The average Bonchev–Trinajstić information content (AvgIpc) is 3.08. The summed E-state index contributed by atoms with van der Waals surface area (Å²) < 4.78 is 3.06. The molecule has 0 bridgehead atoms. The van der Waals surface area contributed by atoms with E-state index in [9.17, 15) is 35.4 Å². The minimum absolute atomic E-state index is 0.383. The second-order valence-corrected chi connectivity index (χ2v) is 6.77. The van der Waals surface area contributed by atoms with E-state index in [4.69, 9.17) is 11.6 Å². The fourth-order valence-electron chi connectivity index (χ4n) is 2.94. The Morgan fingerprint density at radius 3 is 1.94 bits per heavy atom. The van der Waals surface area contributed by atoms with Crippen LogP contribution in [-0.2, 0) is 0 Å². The van der Waals surface area contributed by atoms with Gasteiger partial charge in [0.25, 0.3) is 17.1 Å². The van der Waals surface area contributed by atoms with Gasteiger partial charge in [0, 0.05) is 0 Å². The number of nitrogen functional groups attached to an aromatic ring is 2. The van der Waals surface area contributed by atoms with Crippen LogP contribution in [0.15, 0.2) is 71.8 Å². The molecule has 0 aliphatic heterocycles. The summed E-state index contributed by atoms with van der Waals surface area (Å²) in [4.78, 5) is 27.5. The van der Waals surface area contributed by atoms with Crippen molar-refractivity contribution in [1.82, 2.24) is 4.68 Å². The van der Waals surface area contributed by atoms with Gasteiger partial charge in [0.15, 0.2) is 11.0 Å². The average molecular weight is 480 g/mol. The van der Waals surface area contributed by atoms with Crippen LogP contribution in [0.3, 0.4) is 0 Å². The lowest BCUT2D eigenvalue weighted by molar-refractivity contribution is -0.596. The Kier molecular flexibility index (Phi) is 6.81. The van der Waals surface area contributed by atoms with Gasteiger partial charge in [0.1, 0.15) is 0 Å². The van der Waals surface area contributed by atoms with E-state index in [0.29, 0.717) is 18.1 Å². The number of anilines is 1. The van der Waals surface area contributed by atoms with E-state index in [-0.39, 0.29) is 0 Å². The number of hydrogen-bond donors (Lipinski definition) is 2. The van der Waals surface area contributed by atoms with E-state index in [0.717, 1.165) is 16.6 Å². The highest BCUT2D eigenvalue weighted by atomic mass is 16.6. The Morgan fingerprint density at radius 2 is 1.40 bits per heavy atom. The molecular weight excluding hydrogens is 464 g/mol. The van der Waals surface area contributed by atoms with E-state index in [1.807, 2.05) is 54.6 Å². The molecule has 4 rings (SSSR count). The van der Waals surface area contributed by atoms with Crippen LogP contribution in [0.4, 0.5) is 23.0 Å². The van der Waals surface area contributed by atoms with Gasteiger partial charge in [-0.1, -0.05) is 42.5 Å². The number of imidazole rings is 1. The third kappa shape index (κ3) is 5.08. The van der Waals surface area contributed by atoms with Crippen LogP contribution in [0.1, 0.15) is 5.56 Å². The molecule has 178 valence electrons. The summed E-state index contributed by atoms with van der Waals surface area (Å²) >= 11 is 0. The Balaban J connectivity index is 0.000000199. The maximum Gasteiger partial charge on any atom is 0.402 e. The lowest BCUT2D eigenvalue weighted by Gasteiger charge is -2.06. The van der Waals surface area contributed by atoms with Crippen LogP contribution in [0.25, 0.3) is 11.0 Å². The van der Waals surface area contributed by atoms with Crippen LogP contribution in [0.5, 0.6) is 5.75 Å². The number of nitro benzene ring substituents is 3. The third-order valence-corrected chi connectivity index (χ3v) is 4.59. The summed E-state index contributed by atoms with van der Waals surface area (Å²) in [6.07, 6.45) is 1.75. The summed E-state index contributed by atoms with van der Waals surface area (Å²) in [6.45, 7) is 0. The normalized spacial score (nSPS) is 10.6. The fourth-order valence-corrected chi connectivity index (χ4v) is 2.94. The minimum atomic E-state index is -1.46. The summed E-state index contributed by atoms with van der Waals surface area (Å²) in [5.41, 5.74) is 5.41. The first-order valence-electron chi connectivity index (χ1n) is 9.55. The van der Waals surface area contributed by atoms with Crippen LogP contribution in [0, 0.1) is 30.3 Å². The highest BCUT2D eigenvalue weighted by molar-refractivity contribution is 5.81. The number of para-hydroxylation sites is 2. The molecule has 0 saturated heterocycles. The molecule has 0 spiro atoms. The van der Waals surface area contributed by atoms with Crippen LogP contribution < -0.4 is 21.4 Å². The zero-order valence-corrected chi connectivity index (χ0v) is 17.6. The second kappa shape index (κ2) is 9.90. The van der Waals surface area contributed by atoms with Crippen LogP contribution >= 0.6 is 0 Å². The SMILES string of the molecule is Nc1n(N=Cc2ccccc2)c2ccccc2[n+]1N.O=[N+]([O-])c1cc([N+](=O)[O-])c([O-])c([N+](=O)[O-])c1. The van der Waals surface area contributed by atoms with Crippen LogP contribution in [0.2, 0.25) is 0 Å². The molecule has 0 radical (unpaired) electrons. The molecule has 1 aromatic heterocycles. The summed E-state index contributed by atoms with van der Waals surface area (Å²) in [6, 6.07) is 18.3. The first-order valence-corrected chi connectivity index (χ1v) is 9.55. The maximum absolute atomic E-state index is 11.1. The number of nitrogens with two attached hydrogens (primary N) is 2. The quantitative estimate of drug-likeness (QED) is 0.139. The molecule has 0 aliphatic carbocycles. The van der Waals surface area contributed by atoms with E-state index >= 15 is 0 Å². The van der Waals surface area contributed by atoms with Crippen molar-refractivity contribution in [2.75, 3.05) is 11.6 Å². The van der Waals surface area contributed by atoms with Crippen molar-refractivity contribution in [2.45, 2.75) is 0 Å². The van der Waals surface area contributed by atoms with Gasteiger partial charge in [0.05, 0.1) is 38.9 Å². The molecule has 15 nitrogen and oxygen atoms in total. The van der Waals surface area contributed by atoms with Gasteiger partial charge in [-0.3, -0.25) is 41.9 Å². The van der Waals surface area contributed by atoms with E-state index < -0.39 is 37.6 Å². The Labute approximate surface area is 195 Å². The number of rotatable bonds is 5. The number of hydrogen-bond acceptors (Lipinski definition) is 10. The number of fused-ring (bicyclic) bond motifs is 1. The van der Waals surface area contributed by atoms with E-state index in [1.165, 1.54) is 4.68 Å². The van der Waals surface area contributed by atoms with E-state index in [2.05, 4.69) is 5.10 Å². The molecule has 35 heavy (non-hydrogen) atoms. The maximum atomic E-state index is 11.1. The molecular formula is C20H16N8O7. The van der Waals surface area contributed by atoms with E-state index in [1.54, 1.807) is 10.9 Å². The van der Waals surface area contributed by atoms with Gasteiger partial charge in [0.2, 0.25) is 0 Å². The number of nitrogens with zero attached hydrogens (tertiary/aromatic N) is 6. The first kappa shape index (κ1) is 24.1. The summed E-state index contributed by atoms with van der Waals surface area (Å²) in [5.74, 6) is 4.83. The fraction of sp³-hybridized carbons (Fsp3) is 0. The largest absolute Gasteiger partial charge is 0.863 e. The molecule has 0 amide bonds. The number of aromatic nitrogens is 2. The molecule has 15 heteroatoms. The Morgan fingerprint density at radius 1 is 0.857 bits per heavy atom. The molecule has 1 heterocycles. The number of non-ortho nitro benzene ring substituents is 1. The highest BCUT2D eigenvalue weighted by Gasteiger charge is 2.24. The zero-order chi connectivity index (χ0) is 25.7. The monoisotopic (exact) mass is 480 g/mol. The topological polar surface area (TPSA) is 226 Å². The van der Waals surface area contributed by atoms with Crippen molar-refractivity contribution in [3.63, 3.8) is 0 Å². The predicted octanol–water partition coefficient (Wildman–Crippen LogP) is 1.59. The molecule has 0 atom stereocenters. The molecule has 0 aliphatic rings. The molecule has 4 aromatic rings. The summed E-state index contributed by atoms with van der Waals surface area (Å²) in [7, 11) is 0. The smallest absolute Gasteiger partial charge is 0.402 e. The van der Waals surface area contributed by atoms with Crippen molar-refractivity contribution in [3.05, 3.63) is 103 Å². The van der Waals surface area contributed by atoms with Gasteiger partial charge in [-0.25, -0.2) is 0 Å². The lowest BCUT2D eigenvalue weighted by atomic mass is 10.2. The molecule has 0 saturated carbocycles. The van der Waals surface area contributed by atoms with Crippen molar-refractivity contribution < 1.29 is 24.6 Å². The molecule has 0 fully saturated rings. The second-order valence-electron chi connectivity index (χ2n) is 6.77. The van der Waals surface area contributed by atoms with Crippen molar-refractivity contribution in [3.8, 4) is 5.75 Å². The van der Waals surface area contributed by atoms with Crippen LogP contribution in [-0.4, -0.2) is 25.7 Å². The zero-order valence-electron chi connectivity index (χ0n) is 17.6. The van der Waals surface area contributed by atoms with Crippen molar-refractivity contribution in [1.29, 1.82) is 0 Å².